The highest BCUT2D eigenvalue weighted by molar-refractivity contribution is 6.02. The third-order valence-corrected chi connectivity index (χ3v) is 2.81. The number of aromatic nitrogens is 4. The van der Waals surface area contributed by atoms with Gasteiger partial charge in [-0.2, -0.15) is 10.2 Å². The van der Waals surface area contributed by atoms with Gasteiger partial charge in [-0.1, -0.05) is 0 Å². The number of hydrogen-bond acceptors (Lipinski definition) is 4. The Morgan fingerprint density at radius 3 is 2.57 bits per heavy atom. The normalized spacial score (nSPS) is 10.3. The molecule has 0 fully saturated rings. The molecule has 104 valence electrons. The van der Waals surface area contributed by atoms with Gasteiger partial charge >= 0.3 is 0 Å². The molecule has 0 aliphatic carbocycles. The summed E-state index contributed by atoms with van der Waals surface area (Å²) < 4.78 is 1.72. The second-order valence-electron chi connectivity index (χ2n) is 4.26. The molecule has 2 aromatic heterocycles. The number of nitrogens with zero attached hydrogens (tertiary/aromatic N) is 3. The average molecular weight is 281 g/mol. The van der Waals surface area contributed by atoms with Crippen molar-refractivity contribution in [3.05, 3.63) is 70.9 Å². The van der Waals surface area contributed by atoms with Gasteiger partial charge in [0.2, 0.25) is 0 Å². The van der Waals surface area contributed by atoms with Gasteiger partial charge in [-0.25, -0.2) is 9.78 Å². The van der Waals surface area contributed by atoms with Gasteiger partial charge in [-0.3, -0.25) is 9.59 Å². The number of rotatable bonds is 3. The molecule has 0 radical (unpaired) electrons. The molecule has 0 spiro atoms. The summed E-state index contributed by atoms with van der Waals surface area (Å²) in [6.45, 7) is 0. The fourth-order valence-electron chi connectivity index (χ4n) is 1.79. The summed E-state index contributed by atoms with van der Waals surface area (Å²) in [4.78, 5) is 22.8. The molecule has 1 amide bonds. The van der Waals surface area contributed by atoms with E-state index in [1.807, 2.05) is 24.4 Å². The van der Waals surface area contributed by atoms with Crippen molar-refractivity contribution in [2.45, 2.75) is 0 Å². The summed E-state index contributed by atoms with van der Waals surface area (Å²) in [5, 5.41) is 12.7. The van der Waals surface area contributed by atoms with E-state index in [1.54, 1.807) is 23.0 Å². The summed E-state index contributed by atoms with van der Waals surface area (Å²) in [5.41, 5.74) is 1.31. The van der Waals surface area contributed by atoms with E-state index in [-0.39, 0.29) is 11.3 Å². The zero-order valence-electron chi connectivity index (χ0n) is 10.9. The minimum Gasteiger partial charge on any atom is -0.321 e. The van der Waals surface area contributed by atoms with E-state index in [0.29, 0.717) is 5.69 Å². The van der Waals surface area contributed by atoms with Crippen LogP contribution in [0.25, 0.3) is 5.69 Å². The summed E-state index contributed by atoms with van der Waals surface area (Å²) >= 11 is 0. The predicted octanol–water partition coefficient (Wildman–Crippen LogP) is 1.21. The fraction of sp³-hybridized carbons (Fsp3) is 0. The number of anilines is 1. The van der Waals surface area contributed by atoms with E-state index < -0.39 is 5.91 Å². The highest BCUT2D eigenvalue weighted by Crippen LogP contribution is 2.13. The molecule has 21 heavy (non-hydrogen) atoms. The molecule has 0 saturated carbocycles. The molecule has 0 unspecified atom stereocenters. The van der Waals surface area contributed by atoms with Gasteiger partial charge in [-0.15, -0.1) is 0 Å². The Morgan fingerprint density at radius 2 is 1.95 bits per heavy atom. The maximum Gasteiger partial charge on any atom is 0.276 e. The molecule has 1 aromatic carbocycles. The van der Waals surface area contributed by atoms with Crippen LogP contribution in [-0.2, 0) is 0 Å². The number of aromatic amines is 1. The van der Waals surface area contributed by atoms with E-state index in [0.717, 1.165) is 5.69 Å². The Labute approximate surface area is 119 Å². The van der Waals surface area contributed by atoms with Crippen LogP contribution in [-0.4, -0.2) is 25.9 Å². The van der Waals surface area contributed by atoms with Gasteiger partial charge in [0.05, 0.1) is 5.69 Å². The third-order valence-electron chi connectivity index (χ3n) is 2.81. The van der Waals surface area contributed by atoms with Gasteiger partial charge in [0, 0.05) is 24.1 Å². The van der Waals surface area contributed by atoms with Crippen molar-refractivity contribution in [2.75, 3.05) is 5.32 Å². The van der Waals surface area contributed by atoms with Crippen LogP contribution in [0.2, 0.25) is 0 Å². The largest absolute Gasteiger partial charge is 0.321 e. The lowest BCUT2D eigenvalue weighted by atomic mass is 10.2. The molecular weight excluding hydrogens is 270 g/mol. The Morgan fingerprint density at radius 1 is 1.14 bits per heavy atom. The summed E-state index contributed by atoms with van der Waals surface area (Å²) in [6, 6.07) is 11.7. The second kappa shape index (κ2) is 5.41. The maximum absolute atomic E-state index is 11.9. The Kier molecular flexibility index (Phi) is 3.30. The number of H-pyrrole nitrogens is 1. The SMILES string of the molecule is O=C(Nc1ccc(-n2cccn2)cc1)c1ccc(=O)[nH]n1. The minimum absolute atomic E-state index is 0.144. The maximum atomic E-state index is 11.9. The summed E-state index contributed by atoms with van der Waals surface area (Å²) in [7, 11) is 0. The van der Waals surface area contributed by atoms with Crippen LogP contribution >= 0.6 is 0 Å². The average Bonchev–Trinajstić information content (AvgIpc) is 3.03. The molecule has 7 nitrogen and oxygen atoms in total. The Balaban J connectivity index is 1.74. The van der Waals surface area contributed by atoms with Crippen LogP contribution in [0, 0.1) is 0 Å². The fourth-order valence-corrected chi connectivity index (χ4v) is 1.79. The van der Waals surface area contributed by atoms with Gasteiger partial charge in [0.1, 0.15) is 5.69 Å². The minimum atomic E-state index is -0.391. The molecule has 0 aliphatic heterocycles. The van der Waals surface area contributed by atoms with Crippen molar-refractivity contribution in [3.8, 4) is 5.69 Å². The number of nitrogens with one attached hydrogen (secondary N) is 2. The standard InChI is InChI=1S/C14H11N5O2/c20-13-7-6-12(17-18-13)14(21)16-10-2-4-11(5-3-10)19-9-1-8-15-19/h1-9H,(H,16,21)(H,18,20). The first kappa shape index (κ1) is 12.8. The smallest absolute Gasteiger partial charge is 0.276 e. The number of carbonyl (C=O) groups is 1. The van der Waals surface area contributed by atoms with Crippen LogP contribution in [0.15, 0.2) is 59.7 Å². The molecule has 7 heteroatoms. The van der Waals surface area contributed by atoms with Crippen LogP contribution in [0.5, 0.6) is 0 Å². The molecule has 2 heterocycles. The first-order valence-electron chi connectivity index (χ1n) is 6.19. The first-order chi connectivity index (χ1) is 10.2. The highest BCUT2D eigenvalue weighted by atomic mass is 16.2. The lowest BCUT2D eigenvalue weighted by molar-refractivity contribution is 0.102. The molecule has 0 saturated heterocycles. The third kappa shape index (κ3) is 2.86. The van der Waals surface area contributed by atoms with E-state index >= 15 is 0 Å². The van der Waals surface area contributed by atoms with E-state index in [2.05, 4.69) is 20.6 Å². The van der Waals surface area contributed by atoms with E-state index in [4.69, 9.17) is 0 Å². The van der Waals surface area contributed by atoms with Gasteiger partial charge in [0.25, 0.3) is 11.5 Å². The number of carbonyl (C=O) groups excluding carboxylic acids is 1. The summed E-state index contributed by atoms with van der Waals surface area (Å²) in [6.07, 6.45) is 3.52. The predicted molar refractivity (Wildman–Crippen MR) is 76.4 cm³/mol. The Hall–Kier alpha value is -3.22. The molecule has 3 rings (SSSR count). The lowest BCUT2D eigenvalue weighted by Gasteiger charge is -2.06. The molecule has 2 N–H and O–H groups in total. The highest BCUT2D eigenvalue weighted by Gasteiger charge is 2.07. The van der Waals surface area contributed by atoms with Crippen molar-refractivity contribution in [2.24, 2.45) is 0 Å². The van der Waals surface area contributed by atoms with Crippen LogP contribution in [0.4, 0.5) is 5.69 Å². The van der Waals surface area contributed by atoms with Crippen LogP contribution in [0.1, 0.15) is 10.5 Å². The monoisotopic (exact) mass is 281 g/mol. The van der Waals surface area contributed by atoms with Gasteiger partial charge < -0.3 is 5.32 Å². The van der Waals surface area contributed by atoms with E-state index in [1.165, 1.54) is 12.1 Å². The number of amides is 1. The zero-order valence-corrected chi connectivity index (χ0v) is 10.9. The van der Waals surface area contributed by atoms with Crippen LogP contribution < -0.4 is 10.9 Å². The van der Waals surface area contributed by atoms with E-state index in [9.17, 15) is 9.59 Å². The second-order valence-corrected chi connectivity index (χ2v) is 4.26. The lowest BCUT2D eigenvalue weighted by Crippen LogP contribution is -2.17. The van der Waals surface area contributed by atoms with Gasteiger partial charge in [-0.05, 0) is 36.4 Å². The van der Waals surface area contributed by atoms with Crippen molar-refractivity contribution in [1.82, 2.24) is 20.0 Å². The quantitative estimate of drug-likeness (QED) is 0.754. The van der Waals surface area contributed by atoms with Crippen molar-refractivity contribution >= 4 is 11.6 Å². The Bertz CT molecular complexity index is 786. The molecule has 3 aromatic rings. The summed E-state index contributed by atoms with van der Waals surface area (Å²) in [5.74, 6) is -0.391. The number of benzene rings is 1. The molecule has 0 aliphatic rings. The van der Waals surface area contributed by atoms with Crippen LogP contribution in [0.3, 0.4) is 0 Å². The number of hydrogen-bond donors (Lipinski definition) is 2. The van der Waals surface area contributed by atoms with Gasteiger partial charge in [0.15, 0.2) is 0 Å². The first-order valence-corrected chi connectivity index (χ1v) is 6.19. The zero-order chi connectivity index (χ0) is 14.7. The van der Waals surface area contributed by atoms with Crippen molar-refractivity contribution in [3.63, 3.8) is 0 Å². The molecular formula is C14H11N5O2. The van der Waals surface area contributed by atoms with Crippen molar-refractivity contribution < 1.29 is 4.79 Å². The molecule has 0 atom stereocenters. The molecule has 0 bridgehead atoms. The topological polar surface area (TPSA) is 92.7 Å². The van der Waals surface area contributed by atoms with Crippen molar-refractivity contribution in [1.29, 1.82) is 0 Å².